The molecule has 0 radical (unpaired) electrons. The van der Waals surface area contributed by atoms with Crippen LogP contribution in [0.3, 0.4) is 0 Å². The molecule has 2 amide bonds. The van der Waals surface area contributed by atoms with E-state index in [1.165, 1.54) is 17.9 Å². The molecule has 1 aromatic rings. The zero-order valence-electron chi connectivity index (χ0n) is 14.9. The van der Waals surface area contributed by atoms with Gasteiger partial charge in [-0.05, 0) is 18.2 Å². The van der Waals surface area contributed by atoms with Gasteiger partial charge in [-0.15, -0.1) is 0 Å². The Balaban J connectivity index is 1.68. The molecule has 1 aromatic carbocycles. The van der Waals surface area contributed by atoms with Gasteiger partial charge in [0, 0.05) is 32.9 Å². The largest absolute Gasteiger partial charge is 0.442 e. The number of cyclic esters (lactones) is 1. The number of nitriles is 1. The first-order valence-electron chi connectivity index (χ1n) is 8.72. The second-order valence-electron chi connectivity index (χ2n) is 6.82. The van der Waals surface area contributed by atoms with Gasteiger partial charge < -0.3 is 20.1 Å². The van der Waals surface area contributed by atoms with Gasteiger partial charge in [0.15, 0.2) is 5.60 Å². The molecule has 2 heterocycles. The van der Waals surface area contributed by atoms with Gasteiger partial charge in [0.25, 0.3) is 0 Å². The summed E-state index contributed by atoms with van der Waals surface area (Å²) in [4.78, 5) is 26.1. The molecular weight excluding hydrogens is 355 g/mol. The fourth-order valence-electron chi connectivity index (χ4n) is 3.25. The van der Waals surface area contributed by atoms with Gasteiger partial charge in [-0.3, -0.25) is 9.69 Å². The Kier molecular flexibility index (Phi) is 5.19. The maximum Gasteiger partial charge on any atom is 0.414 e. The second-order valence-corrected chi connectivity index (χ2v) is 6.82. The number of anilines is 2. The van der Waals surface area contributed by atoms with Crippen LogP contribution < -0.4 is 15.1 Å². The van der Waals surface area contributed by atoms with E-state index in [-0.39, 0.29) is 31.8 Å². The molecule has 2 fully saturated rings. The van der Waals surface area contributed by atoms with Crippen molar-refractivity contribution >= 4 is 23.4 Å². The molecule has 1 atom stereocenters. The second kappa shape index (κ2) is 7.40. The van der Waals surface area contributed by atoms with Crippen molar-refractivity contribution in [3.8, 4) is 6.07 Å². The quantitative estimate of drug-likeness (QED) is 0.764. The molecule has 27 heavy (non-hydrogen) atoms. The van der Waals surface area contributed by atoms with Gasteiger partial charge in [0.05, 0.1) is 30.5 Å². The lowest BCUT2D eigenvalue weighted by atomic mass is 9.93. The molecular formula is C18H21FN4O4. The lowest BCUT2D eigenvalue weighted by molar-refractivity contribution is -0.119. The third-order valence-electron chi connectivity index (χ3n) is 4.84. The molecule has 0 saturated carbocycles. The summed E-state index contributed by atoms with van der Waals surface area (Å²) in [5, 5.41) is 21.5. The maximum absolute atomic E-state index is 14.6. The highest BCUT2D eigenvalue weighted by atomic mass is 19.1. The Bertz CT molecular complexity index is 786. The molecule has 0 unspecified atom stereocenters. The summed E-state index contributed by atoms with van der Waals surface area (Å²) in [6, 6.07) is 6.37. The van der Waals surface area contributed by atoms with Crippen LogP contribution in [-0.2, 0) is 9.53 Å². The Hall–Kier alpha value is -2.86. The predicted molar refractivity (Wildman–Crippen MR) is 94.7 cm³/mol. The topological polar surface area (TPSA) is 106 Å². The fraction of sp³-hybridized carbons (Fsp3) is 0.500. The van der Waals surface area contributed by atoms with E-state index in [0.29, 0.717) is 24.5 Å². The van der Waals surface area contributed by atoms with Gasteiger partial charge in [-0.2, -0.15) is 5.26 Å². The average Bonchev–Trinajstić information content (AvgIpc) is 3.02. The van der Waals surface area contributed by atoms with Crippen LogP contribution in [0, 0.1) is 17.1 Å². The molecule has 0 spiro atoms. The fourth-order valence-corrected chi connectivity index (χ4v) is 3.25. The van der Waals surface area contributed by atoms with E-state index in [0.717, 1.165) is 0 Å². The van der Waals surface area contributed by atoms with Gasteiger partial charge in [-0.1, -0.05) is 0 Å². The first-order valence-corrected chi connectivity index (χ1v) is 8.72. The van der Waals surface area contributed by atoms with Crippen molar-refractivity contribution in [3.05, 3.63) is 24.0 Å². The van der Waals surface area contributed by atoms with Crippen molar-refractivity contribution in [2.45, 2.75) is 31.5 Å². The number of amides is 2. The molecule has 0 bridgehead atoms. The molecule has 2 aliphatic rings. The van der Waals surface area contributed by atoms with E-state index >= 15 is 0 Å². The number of aliphatic hydroxyl groups is 1. The zero-order chi connectivity index (χ0) is 19.6. The smallest absolute Gasteiger partial charge is 0.414 e. The van der Waals surface area contributed by atoms with E-state index in [4.69, 9.17) is 10.00 Å². The SMILES string of the molecule is CC(=O)NC[C@H]1CN(c2ccc(N3CCC(O)(C#N)CC3)c(F)c2)C(=O)O1. The van der Waals surface area contributed by atoms with Crippen molar-refractivity contribution in [1.29, 1.82) is 5.26 Å². The van der Waals surface area contributed by atoms with Crippen LogP contribution in [0.15, 0.2) is 18.2 Å². The lowest BCUT2D eigenvalue weighted by Crippen LogP contribution is -2.43. The van der Waals surface area contributed by atoms with Crippen LogP contribution in [0.25, 0.3) is 0 Å². The summed E-state index contributed by atoms with van der Waals surface area (Å²) in [6.07, 6.45) is -0.591. The van der Waals surface area contributed by atoms with Crippen LogP contribution in [0.2, 0.25) is 0 Å². The minimum atomic E-state index is -1.35. The van der Waals surface area contributed by atoms with Crippen molar-refractivity contribution in [2.75, 3.05) is 36.0 Å². The molecule has 0 aromatic heterocycles. The molecule has 144 valence electrons. The molecule has 2 N–H and O–H groups in total. The Morgan fingerprint density at radius 3 is 2.78 bits per heavy atom. The number of carbonyl (C=O) groups is 2. The number of carbonyl (C=O) groups excluding carboxylic acids is 2. The van der Waals surface area contributed by atoms with Crippen molar-refractivity contribution < 1.29 is 23.8 Å². The number of nitrogens with zero attached hydrogens (tertiary/aromatic N) is 3. The number of halogens is 1. The summed E-state index contributed by atoms with van der Waals surface area (Å²) < 4.78 is 19.8. The van der Waals surface area contributed by atoms with E-state index < -0.39 is 23.6 Å². The minimum absolute atomic E-state index is 0.202. The highest BCUT2D eigenvalue weighted by Gasteiger charge is 2.34. The number of nitrogens with one attached hydrogen (secondary N) is 1. The normalized spacial score (nSPS) is 21.6. The molecule has 9 heteroatoms. The number of piperidine rings is 1. The highest BCUT2D eigenvalue weighted by molar-refractivity contribution is 5.90. The predicted octanol–water partition coefficient (Wildman–Crippen LogP) is 1.14. The third-order valence-corrected chi connectivity index (χ3v) is 4.84. The lowest BCUT2D eigenvalue weighted by Gasteiger charge is -2.35. The van der Waals surface area contributed by atoms with Crippen molar-refractivity contribution in [2.24, 2.45) is 0 Å². The molecule has 2 aliphatic heterocycles. The highest BCUT2D eigenvalue weighted by Crippen LogP contribution is 2.31. The number of rotatable bonds is 4. The number of benzene rings is 1. The third kappa shape index (κ3) is 4.11. The summed E-state index contributed by atoms with van der Waals surface area (Å²) in [7, 11) is 0. The van der Waals surface area contributed by atoms with Crippen molar-refractivity contribution in [3.63, 3.8) is 0 Å². The summed E-state index contributed by atoms with van der Waals surface area (Å²) >= 11 is 0. The van der Waals surface area contributed by atoms with E-state index in [9.17, 15) is 19.1 Å². The Morgan fingerprint density at radius 2 is 2.19 bits per heavy atom. The zero-order valence-corrected chi connectivity index (χ0v) is 14.9. The number of hydrogen-bond acceptors (Lipinski definition) is 6. The maximum atomic E-state index is 14.6. The van der Waals surface area contributed by atoms with Gasteiger partial charge in [0.1, 0.15) is 11.9 Å². The monoisotopic (exact) mass is 376 g/mol. The van der Waals surface area contributed by atoms with Crippen LogP contribution in [0.4, 0.5) is 20.6 Å². The van der Waals surface area contributed by atoms with Gasteiger partial charge in [-0.25, -0.2) is 9.18 Å². The number of hydrogen-bond donors (Lipinski definition) is 2. The van der Waals surface area contributed by atoms with Crippen LogP contribution >= 0.6 is 0 Å². The first kappa shape index (κ1) is 18.9. The van der Waals surface area contributed by atoms with E-state index in [2.05, 4.69) is 5.32 Å². The van der Waals surface area contributed by atoms with E-state index in [1.807, 2.05) is 6.07 Å². The van der Waals surface area contributed by atoms with E-state index in [1.54, 1.807) is 17.0 Å². The first-order chi connectivity index (χ1) is 12.8. The summed E-state index contributed by atoms with van der Waals surface area (Å²) in [5.74, 6) is -0.710. The minimum Gasteiger partial charge on any atom is -0.442 e. The van der Waals surface area contributed by atoms with Crippen LogP contribution in [-0.4, -0.2) is 55.0 Å². The average molecular weight is 376 g/mol. The van der Waals surface area contributed by atoms with Gasteiger partial charge >= 0.3 is 6.09 Å². The molecule has 3 rings (SSSR count). The summed E-state index contributed by atoms with van der Waals surface area (Å²) in [5.41, 5.74) is -0.618. The summed E-state index contributed by atoms with van der Waals surface area (Å²) in [6.45, 7) is 2.53. The standard InChI is InChI=1S/C18H21FN4O4/c1-12(24)21-9-14-10-23(17(25)27-14)13-2-3-16(15(19)8-13)22-6-4-18(26,11-20)5-7-22/h2-3,8,14,26H,4-7,9-10H2,1H3,(H,21,24)/t14-/m0/s1. The van der Waals surface area contributed by atoms with Crippen LogP contribution in [0.5, 0.6) is 0 Å². The Morgan fingerprint density at radius 1 is 1.48 bits per heavy atom. The Labute approximate surface area is 156 Å². The van der Waals surface area contributed by atoms with Crippen LogP contribution in [0.1, 0.15) is 19.8 Å². The molecule has 8 nitrogen and oxygen atoms in total. The molecule has 0 aliphatic carbocycles. The number of ether oxygens (including phenoxy) is 1. The molecule has 2 saturated heterocycles. The van der Waals surface area contributed by atoms with Gasteiger partial charge in [0.2, 0.25) is 5.91 Å². The van der Waals surface area contributed by atoms with Crippen molar-refractivity contribution in [1.82, 2.24) is 5.32 Å².